The van der Waals surface area contributed by atoms with Crippen LogP contribution in [0.4, 0.5) is 0 Å². The Kier molecular flexibility index (Phi) is 5.10. The Bertz CT molecular complexity index is 339. The van der Waals surface area contributed by atoms with E-state index in [2.05, 4.69) is 19.2 Å². The molecule has 2 nitrogen and oxygen atoms in total. The monoisotopic (exact) mass is 241 g/mol. The fourth-order valence-electron chi connectivity index (χ4n) is 1.84. The van der Waals surface area contributed by atoms with Crippen molar-refractivity contribution in [3.8, 4) is 5.75 Å². The second-order valence-electron chi connectivity index (χ2n) is 4.36. The molecule has 0 heterocycles. The third-order valence-corrected chi connectivity index (χ3v) is 2.86. The van der Waals surface area contributed by atoms with Gasteiger partial charge in [-0.25, -0.2) is 0 Å². The predicted molar refractivity (Wildman–Crippen MR) is 69.3 cm³/mol. The third-order valence-electron chi connectivity index (χ3n) is 2.63. The molecule has 0 aliphatic carbocycles. The van der Waals surface area contributed by atoms with E-state index in [1.165, 1.54) is 5.56 Å². The molecule has 0 saturated carbocycles. The van der Waals surface area contributed by atoms with E-state index in [1.807, 2.05) is 25.2 Å². The van der Waals surface area contributed by atoms with E-state index in [0.29, 0.717) is 17.0 Å². The minimum atomic E-state index is 0.312. The molecule has 0 fully saturated rings. The number of hydrogen-bond acceptors (Lipinski definition) is 2. The summed E-state index contributed by atoms with van der Waals surface area (Å²) in [5.74, 6) is 1.49. The molecule has 1 N–H and O–H groups in total. The summed E-state index contributed by atoms with van der Waals surface area (Å²) < 4.78 is 5.37. The minimum Gasteiger partial charge on any atom is -0.496 e. The molecule has 0 saturated heterocycles. The van der Waals surface area contributed by atoms with E-state index in [-0.39, 0.29) is 0 Å². The van der Waals surface area contributed by atoms with Crippen molar-refractivity contribution >= 4 is 11.6 Å². The molecule has 0 aliphatic heterocycles. The molecule has 1 unspecified atom stereocenters. The summed E-state index contributed by atoms with van der Waals surface area (Å²) in [4.78, 5) is 0. The molecular weight excluding hydrogens is 222 g/mol. The zero-order chi connectivity index (χ0) is 12.1. The third kappa shape index (κ3) is 3.39. The van der Waals surface area contributed by atoms with Gasteiger partial charge in [-0.15, -0.1) is 0 Å². The number of methoxy groups -OCH3 is 1. The standard InChI is InChI=1S/C13H20ClNO/c1-9(2)7-12(15-3)11-6-5-10(14)8-13(11)16-4/h5-6,8-9,12,15H,7H2,1-4H3. The van der Waals surface area contributed by atoms with Crippen LogP contribution in [0.1, 0.15) is 31.9 Å². The van der Waals surface area contributed by atoms with Crippen molar-refractivity contribution in [2.75, 3.05) is 14.2 Å². The van der Waals surface area contributed by atoms with E-state index in [4.69, 9.17) is 16.3 Å². The molecule has 0 aliphatic rings. The largest absolute Gasteiger partial charge is 0.496 e. The number of nitrogens with one attached hydrogen (secondary N) is 1. The summed E-state index contributed by atoms with van der Waals surface area (Å²) >= 11 is 5.95. The maximum absolute atomic E-state index is 5.95. The van der Waals surface area contributed by atoms with E-state index >= 15 is 0 Å². The highest BCUT2D eigenvalue weighted by molar-refractivity contribution is 6.30. The van der Waals surface area contributed by atoms with Crippen LogP contribution in [0.3, 0.4) is 0 Å². The van der Waals surface area contributed by atoms with Gasteiger partial charge in [0.05, 0.1) is 7.11 Å². The smallest absolute Gasteiger partial charge is 0.125 e. The molecule has 90 valence electrons. The highest BCUT2D eigenvalue weighted by atomic mass is 35.5. The first-order valence-corrected chi connectivity index (χ1v) is 5.97. The number of halogens is 1. The van der Waals surface area contributed by atoms with Crippen molar-refractivity contribution in [1.82, 2.24) is 5.32 Å². The first kappa shape index (κ1) is 13.3. The summed E-state index contributed by atoms with van der Waals surface area (Å²) in [6.45, 7) is 4.43. The SMILES string of the molecule is CNC(CC(C)C)c1ccc(Cl)cc1OC. The van der Waals surface area contributed by atoms with Crippen molar-refractivity contribution in [2.24, 2.45) is 5.92 Å². The Morgan fingerprint density at radius 1 is 1.38 bits per heavy atom. The van der Waals surface area contributed by atoms with Crippen LogP contribution in [-0.2, 0) is 0 Å². The second kappa shape index (κ2) is 6.12. The number of rotatable bonds is 5. The van der Waals surface area contributed by atoms with Gasteiger partial charge in [-0.1, -0.05) is 31.5 Å². The van der Waals surface area contributed by atoms with Gasteiger partial charge in [0, 0.05) is 16.6 Å². The van der Waals surface area contributed by atoms with Gasteiger partial charge in [-0.05, 0) is 31.5 Å². The number of ether oxygens (including phenoxy) is 1. The zero-order valence-electron chi connectivity index (χ0n) is 10.4. The van der Waals surface area contributed by atoms with Gasteiger partial charge < -0.3 is 10.1 Å². The van der Waals surface area contributed by atoms with E-state index in [0.717, 1.165) is 12.2 Å². The molecule has 16 heavy (non-hydrogen) atoms. The lowest BCUT2D eigenvalue weighted by Gasteiger charge is -2.21. The van der Waals surface area contributed by atoms with Crippen molar-refractivity contribution < 1.29 is 4.74 Å². The van der Waals surface area contributed by atoms with Crippen molar-refractivity contribution in [3.63, 3.8) is 0 Å². The zero-order valence-corrected chi connectivity index (χ0v) is 11.1. The minimum absolute atomic E-state index is 0.312. The van der Waals surface area contributed by atoms with Crippen LogP contribution >= 0.6 is 11.6 Å². The second-order valence-corrected chi connectivity index (χ2v) is 4.79. The Morgan fingerprint density at radius 2 is 2.06 bits per heavy atom. The first-order chi connectivity index (χ1) is 7.58. The van der Waals surface area contributed by atoms with E-state index in [1.54, 1.807) is 7.11 Å². The van der Waals surface area contributed by atoms with Crippen LogP contribution in [0.25, 0.3) is 0 Å². The molecule has 0 bridgehead atoms. The fraction of sp³-hybridized carbons (Fsp3) is 0.538. The number of benzene rings is 1. The Morgan fingerprint density at radius 3 is 2.56 bits per heavy atom. The van der Waals surface area contributed by atoms with Crippen molar-refractivity contribution in [3.05, 3.63) is 28.8 Å². The van der Waals surface area contributed by atoms with Gasteiger partial charge in [-0.3, -0.25) is 0 Å². The van der Waals surface area contributed by atoms with Crippen LogP contribution in [0.5, 0.6) is 5.75 Å². The normalized spacial score (nSPS) is 12.9. The highest BCUT2D eigenvalue weighted by Crippen LogP contribution is 2.31. The molecule has 0 amide bonds. The first-order valence-electron chi connectivity index (χ1n) is 5.59. The quantitative estimate of drug-likeness (QED) is 0.850. The van der Waals surface area contributed by atoms with Gasteiger partial charge in [0.15, 0.2) is 0 Å². The average Bonchev–Trinajstić information content (AvgIpc) is 2.25. The van der Waals surface area contributed by atoms with Gasteiger partial charge in [-0.2, -0.15) is 0 Å². The Labute approximate surface area is 103 Å². The molecule has 1 rings (SSSR count). The summed E-state index contributed by atoms with van der Waals surface area (Å²) in [5, 5.41) is 4.03. The van der Waals surface area contributed by atoms with E-state index < -0.39 is 0 Å². The molecule has 1 aromatic carbocycles. The maximum Gasteiger partial charge on any atom is 0.125 e. The molecular formula is C13H20ClNO. The lowest BCUT2D eigenvalue weighted by molar-refractivity contribution is 0.389. The molecule has 0 radical (unpaired) electrons. The topological polar surface area (TPSA) is 21.3 Å². The van der Waals surface area contributed by atoms with Crippen molar-refractivity contribution in [2.45, 2.75) is 26.3 Å². The summed E-state index contributed by atoms with van der Waals surface area (Å²) in [6.07, 6.45) is 1.08. The van der Waals surface area contributed by atoms with Gasteiger partial charge in [0.2, 0.25) is 0 Å². The summed E-state index contributed by atoms with van der Waals surface area (Å²) in [5.41, 5.74) is 1.17. The fourth-order valence-corrected chi connectivity index (χ4v) is 2.01. The maximum atomic E-state index is 5.95. The lowest BCUT2D eigenvalue weighted by atomic mass is 9.96. The average molecular weight is 242 g/mol. The Hall–Kier alpha value is -0.730. The van der Waals surface area contributed by atoms with Crippen LogP contribution in [0.2, 0.25) is 5.02 Å². The number of hydrogen-bond donors (Lipinski definition) is 1. The predicted octanol–water partition coefficient (Wildman–Crippen LogP) is 3.66. The van der Waals surface area contributed by atoms with Crippen molar-refractivity contribution in [1.29, 1.82) is 0 Å². The molecule has 0 spiro atoms. The molecule has 1 atom stereocenters. The summed E-state index contributed by atoms with van der Waals surface area (Å²) in [7, 11) is 3.65. The van der Waals surface area contributed by atoms with Gasteiger partial charge in [0.1, 0.15) is 5.75 Å². The van der Waals surface area contributed by atoms with E-state index in [9.17, 15) is 0 Å². The van der Waals surface area contributed by atoms with Gasteiger partial charge in [0.25, 0.3) is 0 Å². The highest BCUT2D eigenvalue weighted by Gasteiger charge is 2.15. The Balaban J connectivity index is 2.99. The van der Waals surface area contributed by atoms with Crippen LogP contribution < -0.4 is 10.1 Å². The lowest BCUT2D eigenvalue weighted by Crippen LogP contribution is -2.19. The summed E-state index contributed by atoms with van der Waals surface area (Å²) in [6, 6.07) is 6.11. The van der Waals surface area contributed by atoms with Crippen LogP contribution in [0, 0.1) is 5.92 Å². The molecule has 0 aromatic heterocycles. The van der Waals surface area contributed by atoms with Crippen LogP contribution in [-0.4, -0.2) is 14.2 Å². The van der Waals surface area contributed by atoms with Crippen LogP contribution in [0.15, 0.2) is 18.2 Å². The molecule has 1 aromatic rings. The van der Waals surface area contributed by atoms with Gasteiger partial charge >= 0.3 is 0 Å². The molecule has 3 heteroatoms.